The topological polar surface area (TPSA) is 26.0 Å². The normalized spacial score (nSPS) is 12.8. The molecule has 16 heavy (non-hydrogen) atoms. The Morgan fingerprint density at radius 2 is 2.00 bits per heavy atom. The summed E-state index contributed by atoms with van der Waals surface area (Å²) in [6, 6.07) is 6.49. The summed E-state index contributed by atoms with van der Waals surface area (Å²) in [6.07, 6.45) is 6.22. The van der Waals surface area contributed by atoms with Gasteiger partial charge in [-0.25, -0.2) is 0 Å². The van der Waals surface area contributed by atoms with Gasteiger partial charge in [-0.1, -0.05) is 66.7 Å². The molecule has 1 nitrogen and oxygen atoms in total. The Morgan fingerprint density at radius 3 is 2.69 bits per heavy atom. The highest BCUT2D eigenvalue weighted by atomic mass is 79.9. The molecule has 2 N–H and O–H groups in total. The molecule has 0 saturated heterocycles. The first-order valence-corrected chi connectivity index (χ1v) is 6.96. The van der Waals surface area contributed by atoms with Crippen LogP contribution in [0.3, 0.4) is 0 Å². The molecular formula is C14H22BrN. The Morgan fingerprint density at radius 1 is 1.25 bits per heavy atom. The van der Waals surface area contributed by atoms with Crippen molar-refractivity contribution in [2.24, 2.45) is 5.73 Å². The lowest BCUT2D eigenvalue weighted by Gasteiger charge is -2.15. The molecule has 0 bridgehead atoms. The molecule has 1 atom stereocenters. The second-order valence-corrected chi connectivity index (χ2v) is 5.23. The highest BCUT2D eigenvalue weighted by Gasteiger charge is 2.10. The lowest BCUT2D eigenvalue weighted by Crippen LogP contribution is -2.11. The van der Waals surface area contributed by atoms with Crippen molar-refractivity contribution >= 4 is 15.9 Å². The van der Waals surface area contributed by atoms with Gasteiger partial charge in [-0.2, -0.15) is 0 Å². The maximum atomic E-state index is 6.22. The van der Waals surface area contributed by atoms with E-state index in [9.17, 15) is 0 Å². The van der Waals surface area contributed by atoms with Crippen molar-refractivity contribution in [1.29, 1.82) is 0 Å². The van der Waals surface area contributed by atoms with E-state index in [4.69, 9.17) is 5.73 Å². The van der Waals surface area contributed by atoms with E-state index >= 15 is 0 Å². The van der Waals surface area contributed by atoms with Crippen LogP contribution in [-0.2, 0) is 0 Å². The van der Waals surface area contributed by atoms with E-state index in [1.54, 1.807) is 0 Å². The van der Waals surface area contributed by atoms with Gasteiger partial charge >= 0.3 is 0 Å². The molecule has 0 amide bonds. The second-order valence-electron chi connectivity index (χ2n) is 4.43. The standard InChI is InChI=1S/C14H22BrN/c1-3-4-5-6-10-13(16)12-9-7-8-11(2)14(12)15/h7-9,13H,3-6,10,16H2,1-2H3. The van der Waals surface area contributed by atoms with Gasteiger partial charge in [0.15, 0.2) is 0 Å². The van der Waals surface area contributed by atoms with Gasteiger partial charge in [0, 0.05) is 10.5 Å². The van der Waals surface area contributed by atoms with Gasteiger partial charge in [0.05, 0.1) is 0 Å². The molecule has 0 radical (unpaired) electrons. The molecule has 0 saturated carbocycles. The lowest BCUT2D eigenvalue weighted by atomic mass is 9.99. The van der Waals surface area contributed by atoms with E-state index in [-0.39, 0.29) is 6.04 Å². The van der Waals surface area contributed by atoms with Crippen molar-refractivity contribution in [3.8, 4) is 0 Å². The molecule has 1 unspecified atom stereocenters. The van der Waals surface area contributed by atoms with E-state index in [0.717, 1.165) is 6.42 Å². The Hall–Kier alpha value is -0.340. The molecule has 1 rings (SSSR count). The average Bonchev–Trinajstić information content (AvgIpc) is 2.28. The largest absolute Gasteiger partial charge is 0.324 e. The first kappa shape index (κ1) is 13.7. The van der Waals surface area contributed by atoms with Gasteiger partial charge in [-0.05, 0) is 24.5 Å². The number of benzene rings is 1. The molecule has 90 valence electrons. The Labute approximate surface area is 108 Å². The number of rotatable bonds is 6. The number of nitrogens with two attached hydrogens (primary N) is 1. The molecule has 1 aromatic rings. The van der Waals surface area contributed by atoms with Crippen molar-refractivity contribution in [2.75, 3.05) is 0 Å². The summed E-state index contributed by atoms with van der Waals surface area (Å²) in [5.41, 5.74) is 8.73. The van der Waals surface area contributed by atoms with Crippen molar-refractivity contribution in [3.05, 3.63) is 33.8 Å². The SMILES string of the molecule is CCCCCCC(N)c1cccc(C)c1Br. The van der Waals surface area contributed by atoms with E-state index in [0.29, 0.717) is 0 Å². The summed E-state index contributed by atoms with van der Waals surface area (Å²) < 4.78 is 1.18. The van der Waals surface area contributed by atoms with Crippen LogP contribution in [0.25, 0.3) is 0 Å². The molecule has 2 heteroatoms. The summed E-state index contributed by atoms with van der Waals surface area (Å²) >= 11 is 3.62. The predicted octanol–water partition coefficient (Wildman–Crippen LogP) is 4.73. The number of aryl methyl sites for hydroxylation is 1. The first-order chi connectivity index (χ1) is 7.66. The molecular weight excluding hydrogens is 262 g/mol. The van der Waals surface area contributed by atoms with E-state index in [1.165, 1.54) is 41.3 Å². The zero-order chi connectivity index (χ0) is 12.0. The third-order valence-electron chi connectivity index (χ3n) is 2.99. The van der Waals surface area contributed by atoms with Crippen LogP contribution in [-0.4, -0.2) is 0 Å². The Balaban J connectivity index is 2.52. The van der Waals surface area contributed by atoms with Crippen LogP contribution in [0, 0.1) is 6.92 Å². The van der Waals surface area contributed by atoms with Crippen LogP contribution < -0.4 is 5.73 Å². The van der Waals surface area contributed by atoms with Crippen LogP contribution >= 0.6 is 15.9 Å². The molecule has 0 aliphatic carbocycles. The van der Waals surface area contributed by atoms with Gasteiger partial charge in [-0.15, -0.1) is 0 Å². The first-order valence-electron chi connectivity index (χ1n) is 6.17. The van der Waals surface area contributed by atoms with Gasteiger partial charge < -0.3 is 5.73 Å². The minimum Gasteiger partial charge on any atom is -0.324 e. The molecule has 0 aliphatic rings. The zero-order valence-corrected chi connectivity index (χ0v) is 11.9. The number of hydrogen-bond donors (Lipinski definition) is 1. The summed E-state index contributed by atoms with van der Waals surface area (Å²) in [5, 5.41) is 0. The van der Waals surface area contributed by atoms with Crippen LogP contribution in [0.15, 0.2) is 22.7 Å². The summed E-state index contributed by atoms with van der Waals surface area (Å²) in [7, 11) is 0. The maximum Gasteiger partial charge on any atom is 0.0306 e. The van der Waals surface area contributed by atoms with Gasteiger partial charge in [0.25, 0.3) is 0 Å². The number of hydrogen-bond acceptors (Lipinski definition) is 1. The van der Waals surface area contributed by atoms with E-state index in [1.807, 2.05) is 0 Å². The Bertz CT molecular complexity index is 323. The van der Waals surface area contributed by atoms with Gasteiger partial charge in [0.1, 0.15) is 0 Å². The fourth-order valence-corrected chi connectivity index (χ4v) is 2.46. The number of unbranched alkanes of at least 4 members (excludes halogenated alkanes) is 3. The molecule has 0 fully saturated rings. The number of halogens is 1. The fraction of sp³-hybridized carbons (Fsp3) is 0.571. The molecule has 0 aromatic heterocycles. The van der Waals surface area contributed by atoms with Gasteiger partial charge in [-0.3, -0.25) is 0 Å². The lowest BCUT2D eigenvalue weighted by molar-refractivity contribution is 0.564. The Kier molecular flexibility index (Phi) is 6.07. The van der Waals surface area contributed by atoms with Crippen molar-refractivity contribution in [2.45, 2.75) is 52.0 Å². The summed E-state index contributed by atoms with van der Waals surface area (Å²) in [5.74, 6) is 0. The highest BCUT2D eigenvalue weighted by molar-refractivity contribution is 9.10. The minimum absolute atomic E-state index is 0.172. The smallest absolute Gasteiger partial charge is 0.0306 e. The maximum absolute atomic E-state index is 6.22. The van der Waals surface area contributed by atoms with Crippen LogP contribution in [0.5, 0.6) is 0 Å². The quantitative estimate of drug-likeness (QED) is 0.751. The predicted molar refractivity (Wildman–Crippen MR) is 74.6 cm³/mol. The molecule has 0 spiro atoms. The molecule has 0 aliphatic heterocycles. The third-order valence-corrected chi connectivity index (χ3v) is 4.07. The van der Waals surface area contributed by atoms with Crippen molar-refractivity contribution in [3.63, 3.8) is 0 Å². The van der Waals surface area contributed by atoms with Crippen LogP contribution in [0.4, 0.5) is 0 Å². The average molecular weight is 284 g/mol. The highest BCUT2D eigenvalue weighted by Crippen LogP contribution is 2.28. The molecule has 1 aromatic carbocycles. The summed E-state index contributed by atoms with van der Waals surface area (Å²) in [6.45, 7) is 4.34. The second kappa shape index (κ2) is 7.08. The van der Waals surface area contributed by atoms with E-state index in [2.05, 4.69) is 48.0 Å². The monoisotopic (exact) mass is 283 g/mol. The van der Waals surface area contributed by atoms with Crippen LogP contribution in [0.2, 0.25) is 0 Å². The third kappa shape index (κ3) is 3.91. The van der Waals surface area contributed by atoms with Gasteiger partial charge in [0.2, 0.25) is 0 Å². The minimum atomic E-state index is 0.172. The van der Waals surface area contributed by atoms with Crippen molar-refractivity contribution < 1.29 is 0 Å². The molecule has 0 heterocycles. The van der Waals surface area contributed by atoms with Crippen LogP contribution in [0.1, 0.15) is 56.2 Å². The fourth-order valence-electron chi connectivity index (χ4n) is 1.90. The zero-order valence-electron chi connectivity index (χ0n) is 10.3. The van der Waals surface area contributed by atoms with Crippen molar-refractivity contribution in [1.82, 2.24) is 0 Å². The van der Waals surface area contributed by atoms with E-state index < -0.39 is 0 Å². The summed E-state index contributed by atoms with van der Waals surface area (Å²) in [4.78, 5) is 0.